The summed E-state index contributed by atoms with van der Waals surface area (Å²) < 4.78 is 5.10. The second kappa shape index (κ2) is 8.88. The fourth-order valence-electron chi connectivity index (χ4n) is 3.08. The predicted molar refractivity (Wildman–Crippen MR) is 95.0 cm³/mol. The van der Waals surface area contributed by atoms with E-state index in [2.05, 4.69) is 0 Å². The number of rotatable bonds is 9. The van der Waals surface area contributed by atoms with Crippen molar-refractivity contribution in [3.63, 3.8) is 0 Å². The number of carboxylic acid groups (broad SMARTS) is 1. The van der Waals surface area contributed by atoms with Crippen LogP contribution in [0.2, 0.25) is 10.0 Å². The van der Waals surface area contributed by atoms with Crippen molar-refractivity contribution < 1.29 is 24.5 Å². The van der Waals surface area contributed by atoms with Crippen molar-refractivity contribution in [3.05, 3.63) is 33.8 Å². The van der Waals surface area contributed by atoms with E-state index in [1.807, 2.05) is 12.1 Å². The van der Waals surface area contributed by atoms with Crippen LogP contribution in [0.3, 0.4) is 0 Å². The summed E-state index contributed by atoms with van der Waals surface area (Å²) in [5, 5.41) is 20.1. The molecule has 138 valence electrons. The summed E-state index contributed by atoms with van der Waals surface area (Å²) in [6.07, 6.45) is 4.40. The number of aryl methyl sites for hydroxylation is 1. The Hall–Kier alpha value is -1.30. The van der Waals surface area contributed by atoms with Gasteiger partial charge in [-0.1, -0.05) is 42.1 Å². The second-order valence-electron chi connectivity index (χ2n) is 6.52. The highest BCUT2D eigenvalue weighted by atomic mass is 35.5. The van der Waals surface area contributed by atoms with E-state index in [4.69, 9.17) is 33.0 Å². The van der Waals surface area contributed by atoms with E-state index >= 15 is 0 Å². The topological polar surface area (TPSA) is 83.8 Å². The molecule has 1 aromatic rings. The molecule has 2 rings (SSSR count). The molecule has 0 bridgehead atoms. The molecule has 2 N–H and O–H groups in total. The SMILES string of the molecule is O=C(O)C[C@]1(O)C[C@@H](CCCCCCc2ccc(Cl)cc2Cl)OC1=O. The van der Waals surface area contributed by atoms with Crippen LogP contribution in [0.25, 0.3) is 0 Å². The molecule has 2 atom stereocenters. The number of hydrogen-bond donors (Lipinski definition) is 2. The fourth-order valence-corrected chi connectivity index (χ4v) is 3.59. The molecule has 1 aliphatic heterocycles. The van der Waals surface area contributed by atoms with E-state index in [1.54, 1.807) is 6.07 Å². The Kier molecular flexibility index (Phi) is 7.11. The first-order chi connectivity index (χ1) is 11.8. The minimum atomic E-state index is -1.87. The summed E-state index contributed by atoms with van der Waals surface area (Å²) in [5.74, 6) is -2.03. The van der Waals surface area contributed by atoms with Crippen LogP contribution in [0.4, 0.5) is 0 Å². The summed E-state index contributed by atoms with van der Waals surface area (Å²) in [6.45, 7) is 0. The summed E-state index contributed by atoms with van der Waals surface area (Å²) in [7, 11) is 0. The molecular formula is C18H22Cl2O5. The van der Waals surface area contributed by atoms with Crippen LogP contribution >= 0.6 is 23.2 Å². The normalized spacial score (nSPS) is 22.8. The first-order valence-electron chi connectivity index (χ1n) is 8.39. The van der Waals surface area contributed by atoms with Crippen LogP contribution in [0.1, 0.15) is 50.5 Å². The maximum atomic E-state index is 11.6. The molecule has 0 unspecified atom stereocenters. The standard InChI is InChI=1S/C18H22Cl2O5/c19-13-8-7-12(15(20)9-13)5-3-1-2-4-6-14-10-18(24,11-16(21)22)17(23)25-14/h7-9,14,24H,1-6,10-11H2,(H,21,22)/t14-,18-/m1/s1. The van der Waals surface area contributed by atoms with Gasteiger partial charge in [0.1, 0.15) is 6.10 Å². The van der Waals surface area contributed by atoms with Gasteiger partial charge in [0.05, 0.1) is 6.42 Å². The number of benzene rings is 1. The molecule has 0 amide bonds. The molecule has 0 radical (unpaired) electrons. The molecule has 1 aliphatic rings. The van der Waals surface area contributed by atoms with E-state index in [9.17, 15) is 14.7 Å². The third-order valence-corrected chi connectivity index (χ3v) is 4.99. The van der Waals surface area contributed by atoms with Crippen molar-refractivity contribution >= 4 is 35.1 Å². The number of carbonyl (C=O) groups excluding carboxylic acids is 1. The fraction of sp³-hybridized carbons (Fsp3) is 0.556. The van der Waals surface area contributed by atoms with Gasteiger partial charge >= 0.3 is 11.9 Å². The highest BCUT2D eigenvalue weighted by Gasteiger charge is 2.48. The van der Waals surface area contributed by atoms with Crippen molar-refractivity contribution in [2.24, 2.45) is 0 Å². The largest absolute Gasteiger partial charge is 0.481 e. The summed E-state index contributed by atoms with van der Waals surface area (Å²) in [5.41, 5.74) is -0.795. The molecule has 7 heteroatoms. The van der Waals surface area contributed by atoms with Gasteiger partial charge in [-0.15, -0.1) is 0 Å². The zero-order valence-electron chi connectivity index (χ0n) is 13.8. The van der Waals surface area contributed by atoms with Crippen molar-refractivity contribution in [1.29, 1.82) is 0 Å². The highest BCUT2D eigenvalue weighted by Crippen LogP contribution is 2.31. The van der Waals surface area contributed by atoms with Gasteiger partial charge in [0, 0.05) is 16.5 Å². The predicted octanol–water partition coefficient (Wildman–Crippen LogP) is 4.01. The van der Waals surface area contributed by atoms with Gasteiger partial charge in [0.2, 0.25) is 0 Å². The highest BCUT2D eigenvalue weighted by molar-refractivity contribution is 6.35. The number of carboxylic acids is 1. The maximum Gasteiger partial charge on any atom is 0.339 e. The maximum absolute atomic E-state index is 11.6. The molecule has 1 saturated heterocycles. The Bertz CT molecular complexity index is 634. The van der Waals surface area contributed by atoms with Crippen molar-refractivity contribution in [1.82, 2.24) is 0 Å². The third-order valence-electron chi connectivity index (χ3n) is 4.40. The number of hydrogen-bond acceptors (Lipinski definition) is 4. The zero-order chi connectivity index (χ0) is 18.4. The summed E-state index contributed by atoms with van der Waals surface area (Å²) in [6, 6.07) is 5.51. The number of aliphatic carboxylic acids is 1. The zero-order valence-corrected chi connectivity index (χ0v) is 15.4. The number of unbranched alkanes of at least 4 members (excludes halogenated alkanes) is 3. The Labute approximate surface area is 156 Å². The minimum Gasteiger partial charge on any atom is -0.481 e. The first kappa shape index (κ1) is 20.0. The van der Waals surface area contributed by atoms with E-state index < -0.39 is 30.1 Å². The molecule has 5 nitrogen and oxygen atoms in total. The number of esters is 1. The van der Waals surface area contributed by atoms with Crippen LogP contribution in [-0.4, -0.2) is 33.9 Å². The van der Waals surface area contributed by atoms with Crippen molar-refractivity contribution in [2.45, 2.75) is 63.1 Å². The second-order valence-corrected chi connectivity index (χ2v) is 7.37. The lowest BCUT2D eigenvalue weighted by atomic mass is 9.93. The molecule has 1 heterocycles. The molecular weight excluding hydrogens is 367 g/mol. The lowest BCUT2D eigenvalue weighted by molar-refractivity contribution is -0.160. The van der Waals surface area contributed by atoms with Gasteiger partial charge < -0.3 is 14.9 Å². The number of ether oxygens (including phenoxy) is 1. The molecule has 0 aromatic heterocycles. The van der Waals surface area contributed by atoms with E-state index in [0.29, 0.717) is 16.5 Å². The number of halogens is 2. The average Bonchev–Trinajstić information content (AvgIpc) is 2.78. The first-order valence-corrected chi connectivity index (χ1v) is 9.15. The monoisotopic (exact) mass is 388 g/mol. The summed E-state index contributed by atoms with van der Waals surface area (Å²) in [4.78, 5) is 22.4. The van der Waals surface area contributed by atoms with Crippen molar-refractivity contribution in [3.8, 4) is 0 Å². The number of cyclic esters (lactones) is 1. The Morgan fingerprint density at radius 2 is 1.96 bits per heavy atom. The smallest absolute Gasteiger partial charge is 0.339 e. The number of aliphatic hydroxyl groups is 1. The number of carbonyl (C=O) groups is 2. The molecule has 0 aliphatic carbocycles. The molecule has 1 aromatic carbocycles. The van der Waals surface area contributed by atoms with Gasteiger partial charge in [0.15, 0.2) is 5.60 Å². The van der Waals surface area contributed by atoms with Crippen LogP contribution in [0, 0.1) is 0 Å². The molecule has 0 spiro atoms. The molecule has 1 fully saturated rings. The minimum absolute atomic E-state index is 0.0541. The van der Waals surface area contributed by atoms with Gasteiger partial charge in [-0.05, 0) is 43.4 Å². The van der Waals surface area contributed by atoms with Gasteiger partial charge in [-0.25, -0.2) is 4.79 Å². The van der Waals surface area contributed by atoms with Gasteiger partial charge in [0.25, 0.3) is 0 Å². The van der Waals surface area contributed by atoms with Crippen LogP contribution in [0.5, 0.6) is 0 Å². The van der Waals surface area contributed by atoms with Crippen LogP contribution in [-0.2, 0) is 20.7 Å². The lowest BCUT2D eigenvalue weighted by Crippen LogP contribution is -2.36. The summed E-state index contributed by atoms with van der Waals surface area (Å²) >= 11 is 12.0. The van der Waals surface area contributed by atoms with Crippen molar-refractivity contribution in [2.75, 3.05) is 0 Å². The third kappa shape index (κ3) is 5.87. The Balaban J connectivity index is 1.63. The van der Waals surface area contributed by atoms with Gasteiger partial charge in [-0.3, -0.25) is 4.79 Å². The van der Waals surface area contributed by atoms with E-state index in [-0.39, 0.29) is 6.42 Å². The lowest BCUT2D eigenvalue weighted by Gasteiger charge is -2.14. The Morgan fingerprint density at radius 1 is 1.24 bits per heavy atom. The quantitative estimate of drug-likeness (QED) is 0.493. The van der Waals surface area contributed by atoms with Crippen LogP contribution in [0.15, 0.2) is 18.2 Å². The average molecular weight is 389 g/mol. The van der Waals surface area contributed by atoms with Gasteiger partial charge in [-0.2, -0.15) is 0 Å². The molecule has 25 heavy (non-hydrogen) atoms. The van der Waals surface area contributed by atoms with E-state index in [1.165, 1.54) is 0 Å². The molecule has 0 saturated carbocycles. The van der Waals surface area contributed by atoms with E-state index in [0.717, 1.165) is 37.7 Å². The Morgan fingerprint density at radius 3 is 2.64 bits per heavy atom. The van der Waals surface area contributed by atoms with Crippen LogP contribution < -0.4 is 0 Å².